The van der Waals surface area contributed by atoms with Crippen LogP contribution in [-0.4, -0.2) is 11.7 Å². The van der Waals surface area contributed by atoms with Crippen LogP contribution in [0.2, 0.25) is 0 Å². The first kappa shape index (κ1) is 13.5. The second-order valence-electron chi connectivity index (χ2n) is 4.16. The molecule has 0 radical (unpaired) electrons. The van der Waals surface area contributed by atoms with Gasteiger partial charge in [0.15, 0.2) is 0 Å². The molecule has 0 amide bonds. The summed E-state index contributed by atoms with van der Waals surface area (Å²) >= 11 is 0. The van der Waals surface area contributed by atoms with Crippen LogP contribution in [-0.2, 0) is 11.8 Å². The number of aliphatic hydroxyl groups excluding tert-OH is 1. The topological polar surface area (TPSA) is 44.0 Å². The summed E-state index contributed by atoms with van der Waals surface area (Å²) in [7, 11) is 0. The van der Waals surface area contributed by atoms with Crippen LogP contribution in [0.1, 0.15) is 31.4 Å². The zero-order valence-corrected chi connectivity index (χ0v) is 10.5. The molecule has 1 N–H and O–H groups in total. The number of nitriles is 1. The number of fused-ring (bicyclic) bond motifs is 1. The normalized spacial score (nSPS) is 20.8. The van der Waals surface area contributed by atoms with E-state index in [1.807, 2.05) is 31.2 Å². The van der Waals surface area contributed by atoms with E-state index < -0.39 is 5.41 Å². The highest BCUT2D eigenvalue weighted by atomic mass is 16.3. The molecule has 1 aliphatic carbocycles. The van der Waals surface area contributed by atoms with Crippen LogP contribution in [0.5, 0.6) is 0 Å². The SMILES string of the molecule is C/C=C\CC.N#CC1(CO)Cc2ccccc21. The lowest BCUT2D eigenvalue weighted by Gasteiger charge is -2.36. The Morgan fingerprint density at radius 1 is 1.47 bits per heavy atom. The van der Waals surface area contributed by atoms with E-state index in [9.17, 15) is 0 Å². The van der Waals surface area contributed by atoms with E-state index >= 15 is 0 Å². The van der Waals surface area contributed by atoms with E-state index in [2.05, 4.69) is 25.1 Å². The molecule has 0 bridgehead atoms. The largest absolute Gasteiger partial charge is 0.394 e. The molecule has 0 spiro atoms. The van der Waals surface area contributed by atoms with E-state index in [1.54, 1.807) is 0 Å². The van der Waals surface area contributed by atoms with Crippen molar-refractivity contribution in [1.29, 1.82) is 5.26 Å². The van der Waals surface area contributed by atoms with Gasteiger partial charge in [-0.05, 0) is 30.9 Å². The summed E-state index contributed by atoms with van der Waals surface area (Å²) in [5.74, 6) is 0. The number of rotatable bonds is 2. The highest BCUT2D eigenvalue weighted by Gasteiger charge is 2.42. The Kier molecular flexibility index (Phi) is 4.93. The van der Waals surface area contributed by atoms with E-state index in [0.717, 1.165) is 12.0 Å². The number of hydrogen-bond acceptors (Lipinski definition) is 2. The highest BCUT2D eigenvalue weighted by Crippen LogP contribution is 2.39. The van der Waals surface area contributed by atoms with E-state index in [4.69, 9.17) is 10.4 Å². The molecule has 0 heterocycles. The second kappa shape index (κ2) is 6.22. The monoisotopic (exact) mass is 229 g/mol. The molecule has 17 heavy (non-hydrogen) atoms. The zero-order chi connectivity index (χ0) is 12.7. The molecule has 0 aliphatic heterocycles. The maximum absolute atomic E-state index is 9.06. The first-order valence-corrected chi connectivity index (χ1v) is 5.95. The first-order valence-electron chi connectivity index (χ1n) is 5.95. The van der Waals surface area contributed by atoms with Gasteiger partial charge in [0, 0.05) is 0 Å². The summed E-state index contributed by atoms with van der Waals surface area (Å²) < 4.78 is 0. The number of nitrogens with zero attached hydrogens (tertiary/aromatic N) is 1. The number of hydrogen-bond donors (Lipinski definition) is 1. The fourth-order valence-corrected chi connectivity index (χ4v) is 1.97. The average molecular weight is 229 g/mol. The van der Waals surface area contributed by atoms with Gasteiger partial charge in [-0.15, -0.1) is 0 Å². The lowest BCUT2D eigenvalue weighted by atomic mass is 9.65. The molecule has 1 unspecified atom stereocenters. The summed E-state index contributed by atoms with van der Waals surface area (Å²) in [4.78, 5) is 0. The minimum atomic E-state index is -0.601. The predicted octanol–water partition coefficient (Wildman–Crippen LogP) is 2.97. The lowest BCUT2D eigenvalue weighted by molar-refractivity contribution is 0.212. The van der Waals surface area contributed by atoms with Crippen LogP contribution in [0.3, 0.4) is 0 Å². The van der Waals surface area contributed by atoms with Crippen molar-refractivity contribution in [1.82, 2.24) is 0 Å². The number of benzene rings is 1. The summed E-state index contributed by atoms with van der Waals surface area (Å²) in [5, 5.41) is 17.9. The van der Waals surface area contributed by atoms with Crippen molar-refractivity contribution in [3.05, 3.63) is 47.5 Å². The van der Waals surface area contributed by atoms with Crippen LogP contribution < -0.4 is 0 Å². The Labute approximate surface area is 103 Å². The highest BCUT2D eigenvalue weighted by molar-refractivity contribution is 5.50. The van der Waals surface area contributed by atoms with Gasteiger partial charge in [-0.25, -0.2) is 0 Å². The van der Waals surface area contributed by atoms with Crippen molar-refractivity contribution in [3.63, 3.8) is 0 Å². The Morgan fingerprint density at radius 2 is 2.18 bits per heavy atom. The van der Waals surface area contributed by atoms with Crippen LogP contribution in [0.4, 0.5) is 0 Å². The molecule has 1 aromatic rings. The number of allylic oxidation sites excluding steroid dienone is 2. The van der Waals surface area contributed by atoms with Gasteiger partial charge in [-0.1, -0.05) is 43.3 Å². The van der Waals surface area contributed by atoms with Crippen molar-refractivity contribution >= 4 is 0 Å². The Morgan fingerprint density at radius 3 is 2.59 bits per heavy atom. The third-order valence-corrected chi connectivity index (χ3v) is 2.98. The van der Waals surface area contributed by atoms with Gasteiger partial charge in [-0.2, -0.15) is 5.26 Å². The van der Waals surface area contributed by atoms with Crippen LogP contribution in [0, 0.1) is 11.3 Å². The summed E-state index contributed by atoms with van der Waals surface area (Å²) in [5.41, 5.74) is 1.58. The van der Waals surface area contributed by atoms with Gasteiger partial charge >= 0.3 is 0 Å². The standard InChI is InChI=1S/C10H9NO.C5H10/c11-6-10(7-12)5-8-3-1-2-4-9(8)10;1-3-5-4-2/h1-4,12H,5,7H2;3,5H,4H2,1-2H3/b;5-3-. The second-order valence-corrected chi connectivity index (χ2v) is 4.16. The minimum absolute atomic E-state index is 0.0689. The van der Waals surface area contributed by atoms with Crippen LogP contribution >= 0.6 is 0 Å². The molecular formula is C15H19NO. The zero-order valence-electron chi connectivity index (χ0n) is 10.5. The Balaban J connectivity index is 0.000000249. The van der Waals surface area contributed by atoms with E-state index in [1.165, 1.54) is 5.56 Å². The van der Waals surface area contributed by atoms with Crippen LogP contribution in [0.25, 0.3) is 0 Å². The summed E-state index contributed by atoms with van der Waals surface area (Å²) in [6, 6.07) is 9.94. The first-order chi connectivity index (χ1) is 8.24. The molecule has 0 aromatic heterocycles. The Hall–Kier alpha value is -1.59. The molecule has 2 rings (SSSR count). The molecule has 2 heteroatoms. The molecular weight excluding hydrogens is 210 g/mol. The summed E-state index contributed by atoms with van der Waals surface area (Å²) in [6.45, 7) is 4.09. The fraction of sp³-hybridized carbons (Fsp3) is 0.400. The molecule has 1 aliphatic rings. The van der Waals surface area contributed by atoms with Crippen molar-refractivity contribution in [2.45, 2.75) is 32.1 Å². The third-order valence-electron chi connectivity index (χ3n) is 2.98. The van der Waals surface area contributed by atoms with Crippen molar-refractivity contribution < 1.29 is 5.11 Å². The minimum Gasteiger partial charge on any atom is -0.394 e. The van der Waals surface area contributed by atoms with Gasteiger partial charge < -0.3 is 5.11 Å². The molecule has 1 atom stereocenters. The molecule has 0 fully saturated rings. The van der Waals surface area contributed by atoms with Gasteiger partial charge in [0.05, 0.1) is 12.7 Å². The number of aliphatic hydroxyl groups is 1. The average Bonchev–Trinajstić information content (AvgIpc) is 2.34. The molecule has 1 aromatic carbocycles. The van der Waals surface area contributed by atoms with Crippen LogP contribution in [0.15, 0.2) is 36.4 Å². The third kappa shape index (κ3) is 2.75. The van der Waals surface area contributed by atoms with Gasteiger partial charge in [0.1, 0.15) is 5.41 Å². The summed E-state index contributed by atoms with van der Waals surface area (Å²) in [6.07, 6.45) is 6.03. The quantitative estimate of drug-likeness (QED) is 0.792. The smallest absolute Gasteiger partial charge is 0.109 e. The van der Waals surface area contributed by atoms with Crippen molar-refractivity contribution in [2.24, 2.45) is 0 Å². The van der Waals surface area contributed by atoms with E-state index in [0.29, 0.717) is 6.42 Å². The maximum atomic E-state index is 9.06. The lowest BCUT2D eigenvalue weighted by Crippen LogP contribution is -2.40. The predicted molar refractivity (Wildman–Crippen MR) is 69.6 cm³/mol. The van der Waals surface area contributed by atoms with E-state index in [-0.39, 0.29) is 6.61 Å². The molecule has 2 nitrogen and oxygen atoms in total. The fourth-order valence-electron chi connectivity index (χ4n) is 1.97. The van der Waals surface area contributed by atoms with Crippen molar-refractivity contribution in [2.75, 3.05) is 6.61 Å². The molecule has 0 saturated carbocycles. The molecule has 0 saturated heterocycles. The maximum Gasteiger partial charge on any atom is 0.109 e. The molecule has 90 valence electrons. The van der Waals surface area contributed by atoms with Gasteiger partial charge in [-0.3, -0.25) is 0 Å². The van der Waals surface area contributed by atoms with Crippen molar-refractivity contribution in [3.8, 4) is 6.07 Å². The van der Waals surface area contributed by atoms with Gasteiger partial charge in [0.25, 0.3) is 0 Å². The van der Waals surface area contributed by atoms with Gasteiger partial charge in [0.2, 0.25) is 0 Å². The Bertz CT molecular complexity index is 431.